The Kier molecular flexibility index (Phi) is 6.49. The molecule has 0 radical (unpaired) electrons. The van der Waals surface area contributed by atoms with Crippen LogP contribution in [-0.4, -0.2) is 39.9 Å². The number of H-pyrrole nitrogens is 1. The predicted molar refractivity (Wildman–Crippen MR) is 120 cm³/mol. The van der Waals surface area contributed by atoms with Gasteiger partial charge < -0.3 is 15.6 Å². The van der Waals surface area contributed by atoms with Gasteiger partial charge >= 0.3 is 0 Å². The molecule has 1 amide bonds. The van der Waals surface area contributed by atoms with Crippen LogP contribution in [0.1, 0.15) is 62.6 Å². The summed E-state index contributed by atoms with van der Waals surface area (Å²) in [5.74, 6) is 1.19. The van der Waals surface area contributed by atoms with Gasteiger partial charge in [-0.3, -0.25) is 4.79 Å². The van der Waals surface area contributed by atoms with Crippen LogP contribution in [0.2, 0.25) is 5.02 Å². The van der Waals surface area contributed by atoms with Crippen molar-refractivity contribution in [1.29, 1.82) is 0 Å². The van der Waals surface area contributed by atoms with Gasteiger partial charge in [-0.25, -0.2) is 4.98 Å². The lowest BCUT2D eigenvalue weighted by Crippen LogP contribution is -2.52. The van der Waals surface area contributed by atoms with Crippen LogP contribution in [-0.2, 0) is 11.2 Å². The molecule has 2 unspecified atom stereocenters. The van der Waals surface area contributed by atoms with Crippen molar-refractivity contribution >= 4 is 17.5 Å². The number of halogens is 1. The molecule has 1 aliphatic carbocycles. The number of aromatic amines is 1. The van der Waals surface area contributed by atoms with Gasteiger partial charge in [0.2, 0.25) is 5.91 Å². The molecule has 3 N–H and O–H groups in total. The monoisotopic (exact) mass is 428 g/mol. The van der Waals surface area contributed by atoms with E-state index in [0.717, 1.165) is 43.1 Å². The normalized spacial score (nSPS) is 21.5. The van der Waals surface area contributed by atoms with Gasteiger partial charge in [-0.1, -0.05) is 43.5 Å². The average molecular weight is 429 g/mol. The molecule has 1 saturated carbocycles. The maximum absolute atomic E-state index is 13.1. The molecule has 1 saturated heterocycles. The predicted octanol–water partition coefficient (Wildman–Crippen LogP) is 4.54. The van der Waals surface area contributed by atoms with E-state index < -0.39 is 6.04 Å². The number of piperidine rings is 1. The summed E-state index contributed by atoms with van der Waals surface area (Å²) in [5.41, 5.74) is 8.73. The number of carbonyl (C=O) groups excluding carboxylic acids is 1. The maximum atomic E-state index is 13.1. The van der Waals surface area contributed by atoms with Crippen molar-refractivity contribution in [1.82, 2.24) is 14.9 Å². The van der Waals surface area contributed by atoms with Crippen molar-refractivity contribution < 1.29 is 4.79 Å². The Balaban J connectivity index is 1.43. The minimum absolute atomic E-state index is 0.0670. The van der Waals surface area contributed by atoms with E-state index in [-0.39, 0.29) is 11.3 Å². The third-order valence-electron chi connectivity index (χ3n) is 7.69. The highest BCUT2D eigenvalue weighted by atomic mass is 35.5. The molecule has 2 aromatic rings. The third kappa shape index (κ3) is 4.28. The summed E-state index contributed by atoms with van der Waals surface area (Å²) in [5, 5.41) is 0.698. The SMILES string of the molecule is CC(c1c[nH]cn1)C1(C2CCCC2)CCN(C(=O)C(N)Cc2ccc(Cl)cc2)CC1. The topological polar surface area (TPSA) is 75.0 Å². The summed E-state index contributed by atoms with van der Waals surface area (Å²) in [7, 11) is 0. The molecule has 2 atom stereocenters. The molecule has 1 aromatic carbocycles. The molecule has 2 fully saturated rings. The number of aromatic nitrogens is 2. The smallest absolute Gasteiger partial charge is 0.239 e. The van der Waals surface area contributed by atoms with Gasteiger partial charge in [-0.05, 0) is 61.1 Å². The number of imidazole rings is 1. The number of nitrogens with one attached hydrogen (secondary N) is 1. The molecule has 2 aliphatic rings. The Bertz CT molecular complexity index is 821. The minimum atomic E-state index is -0.506. The fourth-order valence-electron chi connectivity index (χ4n) is 5.84. The van der Waals surface area contributed by atoms with E-state index in [1.165, 1.54) is 25.7 Å². The van der Waals surface area contributed by atoms with Gasteiger partial charge in [0, 0.05) is 30.2 Å². The van der Waals surface area contributed by atoms with Gasteiger partial charge in [-0.15, -0.1) is 0 Å². The highest BCUT2D eigenvalue weighted by Gasteiger charge is 2.47. The number of benzene rings is 1. The van der Waals surface area contributed by atoms with Gasteiger partial charge in [0.05, 0.1) is 18.1 Å². The number of nitrogens with zero attached hydrogens (tertiary/aromatic N) is 2. The van der Waals surface area contributed by atoms with Crippen LogP contribution in [0.15, 0.2) is 36.8 Å². The summed E-state index contributed by atoms with van der Waals surface area (Å²) in [6.45, 7) is 3.91. The van der Waals surface area contributed by atoms with E-state index >= 15 is 0 Å². The maximum Gasteiger partial charge on any atom is 0.239 e. The summed E-state index contributed by atoms with van der Waals surface area (Å²) in [6.07, 6.45) is 11.7. The molecule has 30 heavy (non-hydrogen) atoms. The lowest BCUT2D eigenvalue weighted by Gasteiger charge is -2.49. The molecule has 0 spiro atoms. The number of amides is 1. The molecule has 4 rings (SSSR count). The fourth-order valence-corrected chi connectivity index (χ4v) is 5.96. The number of rotatable bonds is 6. The first kappa shape index (κ1) is 21.4. The first-order valence-electron chi connectivity index (χ1n) is 11.3. The molecular formula is C24H33ClN4O. The number of hydrogen-bond donors (Lipinski definition) is 2. The number of nitrogens with two attached hydrogens (primary N) is 1. The molecule has 1 aromatic heterocycles. The molecular weight excluding hydrogens is 396 g/mol. The van der Waals surface area contributed by atoms with Crippen molar-refractivity contribution in [3.8, 4) is 0 Å². The van der Waals surface area contributed by atoms with Crippen LogP contribution in [0.3, 0.4) is 0 Å². The van der Waals surface area contributed by atoms with Gasteiger partial charge in [-0.2, -0.15) is 0 Å². The van der Waals surface area contributed by atoms with Gasteiger partial charge in [0.15, 0.2) is 0 Å². The zero-order chi connectivity index (χ0) is 21.1. The van der Waals surface area contributed by atoms with E-state index in [0.29, 0.717) is 17.4 Å². The van der Waals surface area contributed by atoms with E-state index in [2.05, 4.69) is 16.9 Å². The first-order valence-corrected chi connectivity index (χ1v) is 11.6. The van der Waals surface area contributed by atoms with Crippen LogP contribution in [0, 0.1) is 11.3 Å². The van der Waals surface area contributed by atoms with Gasteiger partial charge in [0.25, 0.3) is 0 Å². The third-order valence-corrected chi connectivity index (χ3v) is 7.94. The lowest BCUT2D eigenvalue weighted by atomic mass is 9.60. The van der Waals surface area contributed by atoms with E-state index in [1.54, 1.807) is 6.33 Å². The molecule has 162 valence electrons. The summed E-state index contributed by atoms with van der Waals surface area (Å²) in [4.78, 5) is 22.8. The number of likely N-dealkylation sites (tertiary alicyclic amines) is 1. The summed E-state index contributed by atoms with van der Waals surface area (Å²) >= 11 is 5.96. The molecule has 2 heterocycles. The lowest BCUT2D eigenvalue weighted by molar-refractivity contribution is -0.136. The highest BCUT2D eigenvalue weighted by molar-refractivity contribution is 6.30. The van der Waals surface area contributed by atoms with E-state index in [1.807, 2.05) is 35.4 Å². The highest BCUT2D eigenvalue weighted by Crippen LogP contribution is 2.54. The zero-order valence-electron chi connectivity index (χ0n) is 17.8. The average Bonchev–Trinajstić information content (AvgIpc) is 3.49. The fraction of sp³-hybridized carbons (Fsp3) is 0.583. The Morgan fingerprint density at radius 2 is 1.93 bits per heavy atom. The van der Waals surface area contributed by atoms with E-state index in [9.17, 15) is 4.79 Å². The summed E-state index contributed by atoms with van der Waals surface area (Å²) < 4.78 is 0. The van der Waals surface area contributed by atoms with Crippen molar-refractivity contribution in [2.45, 2.75) is 63.8 Å². The molecule has 1 aliphatic heterocycles. The first-order chi connectivity index (χ1) is 14.5. The van der Waals surface area contributed by atoms with Crippen LogP contribution in [0.25, 0.3) is 0 Å². The molecule has 0 bridgehead atoms. The zero-order valence-corrected chi connectivity index (χ0v) is 18.6. The van der Waals surface area contributed by atoms with Crippen LogP contribution < -0.4 is 5.73 Å². The molecule has 6 heteroatoms. The quantitative estimate of drug-likeness (QED) is 0.709. The number of hydrogen-bond acceptors (Lipinski definition) is 3. The van der Waals surface area contributed by atoms with Crippen LogP contribution in [0.4, 0.5) is 0 Å². The Hall–Kier alpha value is -1.85. The number of carbonyl (C=O) groups is 1. The van der Waals surface area contributed by atoms with Crippen LogP contribution >= 0.6 is 11.6 Å². The van der Waals surface area contributed by atoms with Crippen molar-refractivity contribution in [2.75, 3.05) is 13.1 Å². The van der Waals surface area contributed by atoms with Crippen molar-refractivity contribution in [3.63, 3.8) is 0 Å². The minimum Gasteiger partial charge on any atom is -0.351 e. The van der Waals surface area contributed by atoms with Crippen LogP contribution in [0.5, 0.6) is 0 Å². The Labute approximate surface area is 184 Å². The van der Waals surface area contributed by atoms with E-state index in [4.69, 9.17) is 17.3 Å². The second kappa shape index (κ2) is 9.11. The van der Waals surface area contributed by atoms with Gasteiger partial charge in [0.1, 0.15) is 0 Å². The Morgan fingerprint density at radius 1 is 1.27 bits per heavy atom. The Morgan fingerprint density at radius 3 is 2.53 bits per heavy atom. The second-order valence-corrected chi connectivity index (χ2v) is 9.63. The largest absolute Gasteiger partial charge is 0.351 e. The molecule has 5 nitrogen and oxygen atoms in total. The van der Waals surface area contributed by atoms with Crippen molar-refractivity contribution in [2.24, 2.45) is 17.1 Å². The standard InChI is InChI=1S/C24H33ClN4O/c1-17(22-15-27-16-28-22)24(19-4-2-3-5-19)10-12-29(13-11-24)23(30)21(26)14-18-6-8-20(25)9-7-18/h6-9,15-17,19,21H,2-5,10-14,26H2,1H3,(H,27,28). The van der Waals surface area contributed by atoms with Crippen molar-refractivity contribution in [3.05, 3.63) is 53.1 Å². The second-order valence-electron chi connectivity index (χ2n) is 9.19. The summed E-state index contributed by atoms with van der Waals surface area (Å²) in [6, 6.07) is 7.09.